The fourth-order valence-electron chi connectivity index (χ4n) is 3.73. The zero-order valence-electron chi connectivity index (χ0n) is 11.2. The zero-order chi connectivity index (χ0) is 13.6. The van der Waals surface area contributed by atoms with Gasteiger partial charge in [-0.2, -0.15) is 0 Å². The molecule has 0 aliphatic heterocycles. The highest BCUT2D eigenvalue weighted by molar-refractivity contribution is 5.86. The largest absolute Gasteiger partial charge is 0.481 e. The average Bonchev–Trinajstić information content (AvgIpc) is 3.04. The molecule has 2 fully saturated rings. The third-order valence-corrected chi connectivity index (χ3v) is 5.07. The van der Waals surface area contributed by atoms with Crippen LogP contribution in [0.2, 0.25) is 0 Å². The summed E-state index contributed by atoms with van der Waals surface area (Å²) in [5, 5.41) is 12.3. The number of carboxylic acids is 1. The van der Waals surface area contributed by atoms with E-state index in [1.54, 1.807) is 0 Å². The Morgan fingerprint density at radius 3 is 2.47 bits per heavy atom. The van der Waals surface area contributed by atoms with E-state index in [0.29, 0.717) is 12.5 Å². The molecule has 104 valence electrons. The van der Waals surface area contributed by atoms with Crippen LogP contribution < -0.4 is 5.32 Å². The van der Waals surface area contributed by atoms with Gasteiger partial charge in [0.2, 0.25) is 5.91 Å². The Bertz CT molecular complexity index is 427. The molecular formula is C15H21NO3. The Morgan fingerprint density at radius 2 is 1.89 bits per heavy atom. The summed E-state index contributed by atoms with van der Waals surface area (Å²) in [6, 6.07) is 0. The molecule has 0 aromatic carbocycles. The van der Waals surface area contributed by atoms with E-state index >= 15 is 0 Å². The maximum absolute atomic E-state index is 12.3. The normalized spacial score (nSPS) is 37.3. The number of carbonyl (C=O) groups is 2. The maximum atomic E-state index is 12.3. The molecule has 3 aliphatic carbocycles. The van der Waals surface area contributed by atoms with Crippen molar-refractivity contribution in [3.8, 4) is 0 Å². The van der Waals surface area contributed by atoms with Crippen LogP contribution in [0.5, 0.6) is 0 Å². The summed E-state index contributed by atoms with van der Waals surface area (Å²) in [5.74, 6) is -0.313. The Balaban J connectivity index is 1.61. The monoisotopic (exact) mass is 263 g/mol. The number of nitrogens with one attached hydrogen (secondary N) is 1. The minimum atomic E-state index is -0.827. The van der Waals surface area contributed by atoms with Gasteiger partial charge in [-0.15, -0.1) is 0 Å². The number of allylic oxidation sites excluding steroid dienone is 2. The lowest BCUT2D eigenvalue weighted by molar-refractivity contribution is -0.147. The van der Waals surface area contributed by atoms with E-state index in [4.69, 9.17) is 0 Å². The number of carbonyl (C=O) groups excluding carboxylic acids is 1. The summed E-state index contributed by atoms with van der Waals surface area (Å²) in [4.78, 5) is 23.6. The first-order valence-electron chi connectivity index (χ1n) is 7.26. The maximum Gasteiger partial charge on any atom is 0.307 e. The highest BCUT2D eigenvalue weighted by Gasteiger charge is 2.51. The number of fused-ring (bicyclic) bond motifs is 2. The summed E-state index contributed by atoms with van der Waals surface area (Å²) < 4.78 is 0. The summed E-state index contributed by atoms with van der Waals surface area (Å²) in [6.45, 7) is 2.85. The van der Waals surface area contributed by atoms with Gasteiger partial charge in [-0.3, -0.25) is 9.59 Å². The van der Waals surface area contributed by atoms with Crippen LogP contribution in [0.25, 0.3) is 0 Å². The highest BCUT2D eigenvalue weighted by Crippen LogP contribution is 2.48. The number of carboxylic acid groups (broad SMARTS) is 1. The van der Waals surface area contributed by atoms with Crippen molar-refractivity contribution >= 4 is 11.9 Å². The molecule has 4 heteroatoms. The van der Waals surface area contributed by atoms with E-state index in [1.807, 2.05) is 12.2 Å². The van der Waals surface area contributed by atoms with Gasteiger partial charge >= 0.3 is 5.97 Å². The lowest BCUT2D eigenvalue weighted by Crippen LogP contribution is -2.41. The van der Waals surface area contributed by atoms with Gasteiger partial charge in [-0.1, -0.05) is 19.1 Å². The Morgan fingerprint density at radius 1 is 1.26 bits per heavy atom. The van der Waals surface area contributed by atoms with E-state index in [1.165, 1.54) is 12.8 Å². The Labute approximate surface area is 113 Å². The lowest BCUT2D eigenvalue weighted by atomic mass is 9.82. The van der Waals surface area contributed by atoms with Crippen LogP contribution in [0, 0.1) is 35.5 Å². The van der Waals surface area contributed by atoms with Crippen LogP contribution in [0.15, 0.2) is 12.2 Å². The van der Waals surface area contributed by atoms with E-state index < -0.39 is 11.9 Å². The second kappa shape index (κ2) is 4.66. The first-order valence-corrected chi connectivity index (χ1v) is 7.26. The summed E-state index contributed by atoms with van der Waals surface area (Å²) in [7, 11) is 0. The third kappa shape index (κ3) is 2.28. The molecule has 0 heterocycles. The van der Waals surface area contributed by atoms with Crippen LogP contribution in [-0.2, 0) is 9.59 Å². The molecule has 19 heavy (non-hydrogen) atoms. The molecule has 0 radical (unpaired) electrons. The molecule has 4 nitrogen and oxygen atoms in total. The molecule has 2 N–H and O–H groups in total. The van der Waals surface area contributed by atoms with Crippen molar-refractivity contribution in [3.63, 3.8) is 0 Å². The van der Waals surface area contributed by atoms with Crippen LogP contribution in [-0.4, -0.2) is 23.5 Å². The van der Waals surface area contributed by atoms with Crippen LogP contribution >= 0.6 is 0 Å². The fraction of sp³-hybridized carbons (Fsp3) is 0.733. The summed E-state index contributed by atoms with van der Waals surface area (Å²) in [5.41, 5.74) is 0. The molecular weight excluding hydrogens is 242 g/mol. The standard InChI is InChI=1S/C15H21NO3/c1-8(9-2-3-9)7-16-14(17)12-10-4-5-11(6-10)13(12)15(18)19/h4-5,8-13H,2-3,6-7H2,1H3,(H,16,17)(H,18,19). The number of amides is 1. The first kappa shape index (κ1) is 12.7. The molecule has 0 aromatic heterocycles. The fourth-order valence-corrected chi connectivity index (χ4v) is 3.73. The van der Waals surface area contributed by atoms with Gasteiger partial charge in [0.05, 0.1) is 11.8 Å². The number of rotatable bonds is 5. The SMILES string of the molecule is CC(CNC(=O)C1C2C=CC(C2)C1C(=O)O)C1CC1. The topological polar surface area (TPSA) is 66.4 Å². The lowest BCUT2D eigenvalue weighted by Gasteiger charge is -2.24. The van der Waals surface area contributed by atoms with Crippen molar-refractivity contribution in [2.45, 2.75) is 26.2 Å². The Hall–Kier alpha value is -1.32. The predicted molar refractivity (Wildman–Crippen MR) is 70.3 cm³/mol. The van der Waals surface area contributed by atoms with Gasteiger partial charge in [0.15, 0.2) is 0 Å². The van der Waals surface area contributed by atoms with Gasteiger partial charge in [0, 0.05) is 6.54 Å². The molecule has 5 unspecified atom stereocenters. The van der Waals surface area contributed by atoms with Gasteiger partial charge in [0.1, 0.15) is 0 Å². The average molecular weight is 263 g/mol. The van der Waals surface area contributed by atoms with E-state index in [0.717, 1.165) is 12.3 Å². The molecule has 0 spiro atoms. The van der Waals surface area contributed by atoms with E-state index in [9.17, 15) is 14.7 Å². The molecule has 3 aliphatic rings. The minimum absolute atomic E-state index is 0.0547. The first-order chi connectivity index (χ1) is 9.08. The smallest absolute Gasteiger partial charge is 0.307 e. The van der Waals surface area contributed by atoms with E-state index in [2.05, 4.69) is 12.2 Å². The van der Waals surface area contributed by atoms with Gasteiger partial charge in [-0.25, -0.2) is 0 Å². The van der Waals surface area contributed by atoms with E-state index in [-0.39, 0.29) is 23.7 Å². The molecule has 5 atom stereocenters. The molecule has 3 rings (SSSR count). The van der Waals surface area contributed by atoms with Crippen LogP contribution in [0.3, 0.4) is 0 Å². The van der Waals surface area contributed by atoms with Crippen molar-refractivity contribution in [3.05, 3.63) is 12.2 Å². The number of hydrogen-bond acceptors (Lipinski definition) is 2. The van der Waals surface area contributed by atoms with Crippen LogP contribution in [0.1, 0.15) is 26.2 Å². The summed E-state index contributed by atoms with van der Waals surface area (Å²) in [6.07, 6.45) is 7.36. The number of hydrogen-bond donors (Lipinski definition) is 2. The van der Waals surface area contributed by atoms with Crippen molar-refractivity contribution in [2.75, 3.05) is 6.54 Å². The zero-order valence-corrected chi connectivity index (χ0v) is 11.2. The molecule has 2 bridgehead atoms. The van der Waals surface area contributed by atoms with Crippen LogP contribution in [0.4, 0.5) is 0 Å². The minimum Gasteiger partial charge on any atom is -0.481 e. The molecule has 2 saturated carbocycles. The molecule has 1 amide bonds. The third-order valence-electron chi connectivity index (χ3n) is 5.07. The van der Waals surface area contributed by atoms with Gasteiger partial charge in [-0.05, 0) is 42.9 Å². The van der Waals surface area contributed by atoms with Gasteiger partial charge in [0.25, 0.3) is 0 Å². The van der Waals surface area contributed by atoms with Crippen molar-refractivity contribution < 1.29 is 14.7 Å². The quantitative estimate of drug-likeness (QED) is 0.741. The predicted octanol–water partition coefficient (Wildman–Crippen LogP) is 1.67. The van der Waals surface area contributed by atoms with Crippen molar-refractivity contribution in [1.29, 1.82) is 0 Å². The number of aliphatic carboxylic acids is 1. The molecule has 0 saturated heterocycles. The van der Waals surface area contributed by atoms with Gasteiger partial charge < -0.3 is 10.4 Å². The summed E-state index contributed by atoms with van der Waals surface area (Å²) >= 11 is 0. The second-order valence-corrected chi connectivity index (χ2v) is 6.40. The second-order valence-electron chi connectivity index (χ2n) is 6.40. The van der Waals surface area contributed by atoms with Crippen molar-refractivity contribution in [2.24, 2.45) is 35.5 Å². The molecule has 0 aromatic rings. The van der Waals surface area contributed by atoms with Crippen molar-refractivity contribution in [1.82, 2.24) is 5.32 Å². The Kier molecular flexibility index (Phi) is 3.11. The highest BCUT2D eigenvalue weighted by atomic mass is 16.4.